The van der Waals surface area contributed by atoms with Gasteiger partial charge in [-0.1, -0.05) is 0 Å². The van der Waals surface area contributed by atoms with E-state index in [-0.39, 0.29) is 12.5 Å². The maximum Gasteiger partial charge on any atom is 0.262 e. The Hall–Kier alpha value is -2.74. The number of aromatic nitrogens is 1. The van der Waals surface area contributed by atoms with E-state index in [1.807, 2.05) is 25.1 Å². The molecule has 1 amide bonds. The molecule has 0 bridgehead atoms. The topological polar surface area (TPSA) is 77.9 Å². The lowest BCUT2D eigenvalue weighted by Gasteiger charge is -2.18. The smallest absolute Gasteiger partial charge is 0.262 e. The molecule has 1 aliphatic heterocycles. The second-order valence-electron chi connectivity index (χ2n) is 4.38. The lowest BCUT2D eigenvalue weighted by atomic mass is 10.1. The van der Waals surface area contributed by atoms with Gasteiger partial charge in [-0.05, 0) is 31.2 Å². The molecule has 5 nitrogen and oxygen atoms in total. The second-order valence-corrected chi connectivity index (χ2v) is 4.38. The summed E-state index contributed by atoms with van der Waals surface area (Å²) < 4.78 is 5.30. The number of ether oxygens (including phenoxy) is 1. The van der Waals surface area contributed by atoms with Crippen LogP contribution in [0.25, 0.3) is 11.3 Å². The molecule has 3 rings (SSSR count). The van der Waals surface area contributed by atoms with Crippen LogP contribution in [0.1, 0.15) is 11.3 Å². The fourth-order valence-corrected chi connectivity index (χ4v) is 2.08. The Morgan fingerprint density at radius 3 is 2.95 bits per heavy atom. The molecule has 19 heavy (non-hydrogen) atoms. The molecule has 0 spiro atoms. The average Bonchev–Trinajstić information content (AvgIpc) is 2.79. The molecule has 0 aliphatic carbocycles. The van der Waals surface area contributed by atoms with Gasteiger partial charge in [-0.15, -0.1) is 0 Å². The van der Waals surface area contributed by atoms with E-state index in [2.05, 4.69) is 16.4 Å². The predicted molar refractivity (Wildman–Crippen MR) is 69.8 cm³/mol. The minimum atomic E-state index is -0.162. The molecular weight excluding hydrogens is 242 g/mol. The van der Waals surface area contributed by atoms with Crippen LogP contribution in [0, 0.1) is 18.3 Å². The third-order valence-corrected chi connectivity index (χ3v) is 3.06. The Bertz CT molecular complexity index is 710. The highest BCUT2D eigenvalue weighted by Crippen LogP contribution is 2.32. The molecule has 2 N–H and O–H groups in total. The van der Waals surface area contributed by atoms with Gasteiger partial charge in [-0.25, -0.2) is 0 Å². The van der Waals surface area contributed by atoms with Crippen LogP contribution in [-0.4, -0.2) is 17.5 Å². The van der Waals surface area contributed by atoms with Gasteiger partial charge in [-0.3, -0.25) is 4.79 Å². The zero-order valence-electron chi connectivity index (χ0n) is 10.3. The molecule has 1 aromatic carbocycles. The molecule has 0 radical (unpaired) electrons. The number of benzene rings is 1. The van der Waals surface area contributed by atoms with Crippen LogP contribution in [0.15, 0.2) is 24.3 Å². The first-order valence-corrected chi connectivity index (χ1v) is 5.84. The van der Waals surface area contributed by atoms with Crippen molar-refractivity contribution in [3.8, 4) is 23.1 Å². The van der Waals surface area contributed by atoms with Gasteiger partial charge in [-0.2, -0.15) is 5.26 Å². The van der Waals surface area contributed by atoms with E-state index >= 15 is 0 Å². The van der Waals surface area contributed by atoms with E-state index in [4.69, 9.17) is 10.00 Å². The zero-order chi connectivity index (χ0) is 13.4. The Kier molecular flexibility index (Phi) is 2.50. The normalized spacial score (nSPS) is 13.2. The van der Waals surface area contributed by atoms with Gasteiger partial charge in [0.2, 0.25) is 0 Å². The van der Waals surface area contributed by atoms with Crippen molar-refractivity contribution >= 4 is 11.6 Å². The summed E-state index contributed by atoms with van der Waals surface area (Å²) in [7, 11) is 0. The third-order valence-electron chi connectivity index (χ3n) is 3.06. The first kappa shape index (κ1) is 11.4. The van der Waals surface area contributed by atoms with Crippen molar-refractivity contribution < 1.29 is 9.53 Å². The van der Waals surface area contributed by atoms with E-state index in [9.17, 15) is 4.79 Å². The van der Waals surface area contributed by atoms with E-state index in [0.29, 0.717) is 17.0 Å². The summed E-state index contributed by atoms with van der Waals surface area (Å²) in [6.45, 7) is 1.90. The van der Waals surface area contributed by atoms with Crippen LogP contribution in [0.3, 0.4) is 0 Å². The van der Waals surface area contributed by atoms with Crippen LogP contribution in [0.5, 0.6) is 5.75 Å². The molecule has 0 atom stereocenters. The van der Waals surface area contributed by atoms with Gasteiger partial charge in [0.05, 0.1) is 11.3 Å². The number of nitriles is 1. The maximum atomic E-state index is 11.3. The van der Waals surface area contributed by atoms with Gasteiger partial charge in [0.25, 0.3) is 5.91 Å². The number of nitrogens with one attached hydrogen (secondary N) is 2. The second kappa shape index (κ2) is 4.18. The minimum absolute atomic E-state index is 0.0482. The molecule has 0 unspecified atom stereocenters. The Balaban J connectivity index is 2.04. The van der Waals surface area contributed by atoms with Crippen molar-refractivity contribution in [1.82, 2.24) is 4.98 Å². The quantitative estimate of drug-likeness (QED) is 0.817. The largest absolute Gasteiger partial charge is 0.482 e. The van der Waals surface area contributed by atoms with Gasteiger partial charge in [0.15, 0.2) is 6.61 Å². The van der Waals surface area contributed by atoms with Crippen molar-refractivity contribution in [2.45, 2.75) is 6.92 Å². The first-order chi connectivity index (χ1) is 9.17. The summed E-state index contributed by atoms with van der Waals surface area (Å²) in [6, 6.07) is 9.46. The van der Waals surface area contributed by atoms with Crippen LogP contribution in [-0.2, 0) is 4.79 Å². The van der Waals surface area contributed by atoms with E-state index in [1.54, 1.807) is 6.07 Å². The molecule has 2 aromatic rings. The molecule has 1 aliphatic rings. The number of nitrogens with zero attached hydrogens (tertiary/aromatic N) is 1. The van der Waals surface area contributed by atoms with Crippen LogP contribution in [0.2, 0.25) is 0 Å². The number of H-pyrrole nitrogens is 1. The standard InChI is InChI=1S/C14H11N3O2/c1-8-10(6-15)5-11(16-8)9-2-3-13-12(4-9)17-14(18)7-19-13/h2-5,16H,7H2,1H3,(H,17,18). The summed E-state index contributed by atoms with van der Waals surface area (Å²) in [5.41, 5.74) is 3.84. The van der Waals surface area contributed by atoms with Crippen LogP contribution >= 0.6 is 0 Å². The minimum Gasteiger partial charge on any atom is -0.482 e. The SMILES string of the molecule is Cc1[nH]c(-c2ccc3c(c2)NC(=O)CO3)cc1C#N. The number of fused-ring (bicyclic) bond motifs is 1. The Labute approximate surface area is 109 Å². The summed E-state index contributed by atoms with van der Waals surface area (Å²) >= 11 is 0. The first-order valence-electron chi connectivity index (χ1n) is 5.84. The van der Waals surface area contributed by atoms with E-state index in [0.717, 1.165) is 17.0 Å². The van der Waals surface area contributed by atoms with Crippen LogP contribution < -0.4 is 10.1 Å². The molecule has 2 heterocycles. The highest BCUT2D eigenvalue weighted by atomic mass is 16.5. The highest BCUT2D eigenvalue weighted by molar-refractivity contribution is 5.96. The highest BCUT2D eigenvalue weighted by Gasteiger charge is 2.17. The van der Waals surface area contributed by atoms with Crippen molar-refractivity contribution in [1.29, 1.82) is 5.26 Å². The fourth-order valence-electron chi connectivity index (χ4n) is 2.08. The molecule has 0 saturated heterocycles. The molecule has 5 heteroatoms. The van der Waals surface area contributed by atoms with Gasteiger partial charge in [0.1, 0.15) is 11.8 Å². The molecule has 94 valence electrons. The number of hydrogen-bond acceptors (Lipinski definition) is 3. The summed E-state index contributed by atoms with van der Waals surface area (Å²) in [5.74, 6) is 0.497. The summed E-state index contributed by atoms with van der Waals surface area (Å²) in [6.07, 6.45) is 0. The number of aromatic amines is 1. The number of anilines is 1. The number of carbonyl (C=O) groups excluding carboxylic acids is 1. The summed E-state index contributed by atoms with van der Waals surface area (Å²) in [4.78, 5) is 14.4. The summed E-state index contributed by atoms with van der Waals surface area (Å²) in [5, 5.41) is 11.7. The predicted octanol–water partition coefficient (Wildman–Crippen LogP) is 2.19. The monoisotopic (exact) mass is 253 g/mol. The number of amides is 1. The number of carbonyl (C=O) groups is 1. The molecular formula is C14H11N3O2. The van der Waals surface area contributed by atoms with E-state index in [1.165, 1.54) is 0 Å². The molecule has 1 aromatic heterocycles. The van der Waals surface area contributed by atoms with E-state index < -0.39 is 0 Å². The fraction of sp³-hybridized carbons (Fsp3) is 0.143. The van der Waals surface area contributed by atoms with Crippen molar-refractivity contribution in [3.63, 3.8) is 0 Å². The number of aryl methyl sites for hydroxylation is 1. The number of hydrogen-bond donors (Lipinski definition) is 2. The van der Waals surface area contributed by atoms with Crippen molar-refractivity contribution in [2.24, 2.45) is 0 Å². The molecule has 0 fully saturated rings. The van der Waals surface area contributed by atoms with Gasteiger partial charge >= 0.3 is 0 Å². The Morgan fingerprint density at radius 2 is 2.21 bits per heavy atom. The van der Waals surface area contributed by atoms with Crippen molar-refractivity contribution in [3.05, 3.63) is 35.5 Å². The van der Waals surface area contributed by atoms with Crippen LogP contribution in [0.4, 0.5) is 5.69 Å². The lowest BCUT2D eigenvalue weighted by molar-refractivity contribution is -0.118. The van der Waals surface area contributed by atoms with Gasteiger partial charge in [0, 0.05) is 17.0 Å². The lowest BCUT2D eigenvalue weighted by Crippen LogP contribution is -2.25. The van der Waals surface area contributed by atoms with Gasteiger partial charge < -0.3 is 15.0 Å². The Morgan fingerprint density at radius 1 is 1.37 bits per heavy atom. The average molecular weight is 253 g/mol. The number of rotatable bonds is 1. The zero-order valence-corrected chi connectivity index (χ0v) is 10.3. The van der Waals surface area contributed by atoms with Crippen molar-refractivity contribution in [2.75, 3.05) is 11.9 Å². The molecule has 0 saturated carbocycles. The maximum absolute atomic E-state index is 11.3. The third kappa shape index (κ3) is 1.93.